The number of benzene rings is 1. The molecule has 0 amide bonds. The number of rotatable bonds is 4. The number of aliphatic carboxylic acids is 1. The second-order valence-electron chi connectivity index (χ2n) is 6.37. The number of carbonyl (C=O) groups is 1. The van der Waals surface area contributed by atoms with Crippen molar-refractivity contribution in [3.8, 4) is 5.75 Å². The van der Waals surface area contributed by atoms with Gasteiger partial charge in [0.25, 0.3) is 0 Å². The standard InChI is InChI=1S/C17H22N2O3/c1-9(2)6-14-16-12(8-15(18-14)17(20)21)11-5-4-10(22-3)7-13(11)19-16/h4-5,7,9,14-15,18-19H,6,8H2,1-3H3,(H,20,21). The van der Waals surface area contributed by atoms with Crippen LogP contribution in [0.2, 0.25) is 0 Å². The van der Waals surface area contributed by atoms with E-state index < -0.39 is 12.0 Å². The Hall–Kier alpha value is -2.01. The first-order chi connectivity index (χ1) is 10.5. The second-order valence-corrected chi connectivity index (χ2v) is 6.37. The number of carboxylic acid groups (broad SMARTS) is 1. The lowest BCUT2D eigenvalue weighted by Crippen LogP contribution is -2.44. The van der Waals surface area contributed by atoms with Crippen molar-refractivity contribution in [2.45, 2.75) is 38.8 Å². The number of ether oxygens (including phenoxy) is 1. The zero-order chi connectivity index (χ0) is 15.9. The summed E-state index contributed by atoms with van der Waals surface area (Å²) in [5.41, 5.74) is 3.25. The summed E-state index contributed by atoms with van der Waals surface area (Å²) in [5.74, 6) is 0.496. The maximum Gasteiger partial charge on any atom is 0.321 e. The Morgan fingerprint density at radius 2 is 2.23 bits per heavy atom. The van der Waals surface area contributed by atoms with Crippen LogP contribution in [0.3, 0.4) is 0 Å². The Morgan fingerprint density at radius 3 is 2.86 bits per heavy atom. The van der Waals surface area contributed by atoms with E-state index in [4.69, 9.17) is 4.74 Å². The number of fused-ring (bicyclic) bond motifs is 3. The molecular weight excluding hydrogens is 280 g/mol. The zero-order valence-corrected chi connectivity index (χ0v) is 13.1. The van der Waals surface area contributed by atoms with Gasteiger partial charge < -0.3 is 14.8 Å². The predicted molar refractivity (Wildman–Crippen MR) is 85.3 cm³/mol. The van der Waals surface area contributed by atoms with Crippen LogP contribution in [0.4, 0.5) is 0 Å². The molecular formula is C17H22N2O3. The van der Waals surface area contributed by atoms with E-state index in [1.165, 1.54) is 0 Å². The Labute approximate surface area is 129 Å². The quantitative estimate of drug-likeness (QED) is 0.812. The molecule has 2 unspecified atom stereocenters. The molecule has 0 aliphatic carbocycles. The number of methoxy groups -OCH3 is 1. The molecule has 1 aromatic heterocycles. The molecule has 0 bridgehead atoms. The van der Waals surface area contributed by atoms with Crippen molar-refractivity contribution < 1.29 is 14.6 Å². The SMILES string of the molecule is COc1ccc2c3c([nH]c2c1)C(CC(C)C)NC(C(=O)O)C3. The lowest BCUT2D eigenvalue weighted by atomic mass is 9.90. The van der Waals surface area contributed by atoms with Crippen molar-refractivity contribution in [2.75, 3.05) is 7.11 Å². The summed E-state index contributed by atoms with van der Waals surface area (Å²) in [7, 11) is 1.65. The van der Waals surface area contributed by atoms with Gasteiger partial charge in [0, 0.05) is 35.1 Å². The average molecular weight is 302 g/mol. The van der Waals surface area contributed by atoms with Crippen LogP contribution in [0.5, 0.6) is 5.75 Å². The number of carboxylic acids is 1. The number of hydrogen-bond donors (Lipinski definition) is 3. The summed E-state index contributed by atoms with van der Waals surface area (Å²) >= 11 is 0. The normalized spacial score (nSPS) is 21.1. The Balaban J connectivity index is 2.09. The van der Waals surface area contributed by atoms with Crippen molar-refractivity contribution >= 4 is 16.9 Å². The monoisotopic (exact) mass is 302 g/mol. The van der Waals surface area contributed by atoms with E-state index in [9.17, 15) is 9.90 Å². The first-order valence-electron chi connectivity index (χ1n) is 7.67. The molecule has 1 aliphatic rings. The van der Waals surface area contributed by atoms with Gasteiger partial charge in [-0.15, -0.1) is 0 Å². The molecule has 5 heteroatoms. The van der Waals surface area contributed by atoms with Gasteiger partial charge in [-0.25, -0.2) is 0 Å². The topological polar surface area (TPSA) is 74.3 Å². The first-order valence-corrected chi connectivity index (χ1v) is 7.67. The fourth-order valence-electron chi connectivity index (χ4n) is 3.30. The highest BCUT2D eigenvalue weighted by molar-refractivity contribution is 5.87. The van der Waals surface area contributed by atoms with Crippen molar-refractivity contribution in [1.82, 2.24) is 10.3 Å². The molecule has 0 spiro atoms. The third-order valence-corrected chi connectivity index (χ3v) is 4.31. The van der Waals surface area contributed by atoms with Gasteiger partial charge in [0.2, 0.25) is 0 Å². The zero-order valence-electron chi connectivity index (χ0n) is 13.1. The number of aromatic nitrogens is 1. The molecule has 0 fully saturated rings. The van der Waals surface area contributed by atoms with Gasteiger partial charge in [0.1, 0.15) is 11.8 Å². The van der Waals surface area contributed by atoms with Crippen LogP contribution in [0.1, 0.15) is 37.6 Å². The van der Waals surface area contributed by atoms with Crippen molar-refractivity contribution in [2.24, 2.45) is 5.92 Å². The van der Waals surface area contributed by atoms with Crippen LogP contribution in [0.15, 0.2) is 18.2 Å². The number of hydrogen-bond acceptors (Lipinski definition) is 3. The van der Waals surface area contributed by atoms with E-state index in [0.29, 0.717) is 12.3 Å². The number of aromatic amines is 1. The maximum atomic E-state index is 11.5. The van der Waals surface area contributed by atoms with Crippen LogP contribution in [0.25, 0.3) is 10.9 Å². The highest BCUT2D eigenvalue weighted by atomic mass is 16.5. The fraction of sp³-hybridized carbons (Fsp3) is 0.471. The average Bonchev–Trinajstić information content (AvgIpc) is 2.84. The van der Waals surface area contributed by atoms with Crippen LogP contribution in [0, 0.1) is 5.92 Å². The van der Waals surface area contributed by atoms with Gasteiger partial charge in [0.05, 0.1) is 7.11 Å². The smallest absolute Gasteiger partial charge is 0.321 e. The summed E-state index contributed by atoms with van der Waals surface area (Å²) in [6, 6.07) is 5.42. The van der Waals surface area contributed by atoms with Crippen LogP contribution in [-0.4, -0.2) is 29.2 Å². The molecule has 3 N–H and O–H groups in total. The lowest BCUT2D eigenvalue weighted by Gasteiger charge is -2.30. The second kappa shape index (κ2) is 5.65. The molecule has 22 heavy (non-hydrogen) atoms. The minimum absolute atomic E-state index is 0.0447. The molecule has 3 rings (SSSR count). The molecule has 118 valence electrons. The molecule has 1 aliphatic heterocycles. The van der Waals surface area contributed by atoms with Crippen LogP contribution >= 0.6 is 0 Å². The summed E-state index contributed by atoms with van der Waals surface area (Å²) in [6.45, 7) is 4.30. The van der Waals surface area contributed by atoms with Crippen molar-refractivity contribution in [3.63, 3.8) is 0 Å². The van der Waals surface area contributed by atoms with E-state index in [0.717, 1.165) is 34.3 Å². The first kappa shape index (κ1) is 14.9. The van der Waals surface area contributed by atoms with Crippen molar-refractivity contribution in [3.05, 3.63) is 29.5 Å². The molecule has 0 saturated heterocycles. The maximum absolute atomic E-state index is 11.5. The Bertz CT molecular complexity index is 705. The number of nitrogens with one attached hydrogen (secondary N) is 2. The lowest BCUT2D eigenvalue weighted by molar-refractivity contribution is -0.139. The van der Waals surface area contributed by atoms with E-state index in [2.05, 4.69) is 24.1 Å². The molecule has 1 aromatic carbocycles. The molecule has 2 aromatic rings. The molecule has 2 heterocycles. The summed E-state index contributed by atoms with van der Waals surface area (Å²) in [6.07, 6.45) is 1.41. The van der Waals surface area contributed by atoms with Gasteiger partial charge in [0.15, 0.2) is 0 Å². The fourth-order valence-corrected chi connectivity index (χ4v) is 3.30. The third kappa shape index (κ3) is 2.57. The number of H-pyrrole nitrogens is 1. The molecule has 0 radical (unpaired) electrons. The molecule has 5 nitrogen and oxygen atoms in total. The Kier molecular flexibility index (Phi) is 3.83. The van der Waals surface area contributed by atoms with Crippen LogP contribution < -0.4 is 10.1 Å². The van der Waals surface area contributed by atoms with Gasteiger partial charge >= 0.3 is 5.97 Å². The van der Waals surface area contributed by atoms with Gasteiger partial charge in [-0.3, -0.25) is 10.1 Å². The van der Waals surface area contributed by atoms with E-state index in [1.54, 1.807) is 7.11 Å². The van der Waals surface area contributed by atoms with Gasteiger partial charge in [-0.2, -0.15) is 0 Å². The predicted octanol–water partition coefficient (Wildman–Crippen LogP) is 2.86. The van der Waals surface area contributed by atoms with Gasteiger partial charge in [-0.05, 0) is 30.0 Å². The van der Waals surface area contributed by atoms with Crippen molar-refractivity contribution in [1.29, 1.82) is 0 Å². The van der Waals surface area contributed by atoms with Gasteiger partial charge in [-0.1, -0.05) is 13.8 Å². The highest BCUT2D eigenvalue weighted by Gasteiger charge is 2.33. The van der Waals surface area contributed by atoms with E-state index in [1.807, 2.05) is 18.2 Å². The molecule has 2 atom stereocenters. The molecule has 0 saturated carbocycles. The third-order valence-electron chi connectivity index (χ3n) is 4.31. The largest absolute Gasteiger partial charge is 0.497 e. The minimum atomic E-state index is -0.790. The highest BCUT2D eigenvalue weighted by Crippen LogP contribution is 2.35. The summed E-state index contributed by atoms with van der Waals surface area (Å²) in [5, 5.41) is 13.8. The minimum Gasteiger partial charge on any atom is -0.497 e. The Morgan fingerprint density at radius 1 is 1.45 bits per heavy atom. The van der Waals surface area contributed by atoms with E-state index in [-0.39, 0.29) is 6.04 Å². The summed E-state index contributed by atoms with van der Waals surface area (Å²) in [4.78, 5) is 14.9. The van der Waals surface area contributed by atoms with E-state index >= 15 is 0 Å². The summed E-state index contributed by atoms with van der Waals surface area (Å²) < 4.78 is 5.28. The van der Waals surface area contributed by atoms with Crippen LogP contribution in [-0.2, 0) is 11.2 Å².